The number of aromatic carboxylic acids is 1. The van der Waals surface area contributed by atoms with Crippen molar-refractivity contribution in [3.8, 4) is 0 Å². The van der Waals surface area contributed by atoms with Crippen LogP contribution < -0.4 is 0 Å². The van der Waals surface area contributed by atoms with E-state index in [1.54, 1.807) is 0 Å². The van der Waals surface area contributed by atoms with Crippen LogP contribution in [0.4, 0.5) is 0 Å². The number of rotatable bonds is 7. The number of aromatic amines is 1. The van der Waals surface area contributed by atoms with Crippen molar-refractivity contribution in [2.75, 3.05) is 13.1 Å². The summed E-state index contributed by atoms with van der Waals surface area (Å²) in [6.07, 6.45) is 4.05. The van der Waals surface area contributed by atoms with Crippen molar-refractivity contribution >= 4 is 16.0 Å². The molecule has 0 saturated carbocycles. The Morgan fingerprint density at radius 2 is 1.94 bits per heavy atom. The predicted molar refractivity (Wildman–Crippen MR) is 66.9 cm³/mol. The number of nitrogens with zero attached hydrogens (tertiary/aromatic N) is 1. The van der Waals surface area contributed by atoms with Gasteiger partial charge >= 0.3 is 5.97 Å². The third-order valence-electron chi connectivity index (χ3n) is 2.19. The molecule has 0 fully saturated rings. The van der Waals surface area contributed by atoms with Gasteiger partial charge < -0.3 is 10.1 Å². The van der Waals surface area contributed by atoms with E-state index in [1.807, 2.05) is 0 Å². The summed E-state index contributed by atoms with van der Waals surface area (Å²) in [4.78, 5) is 13.0. The number of hydrogen-bond acceptors (Lipinski definition) is 3. The van der Waals surface area contributed by atoms with Gasteiger partial charge in [0.05, 0.1) is 0 Å². The molecule has 0 spiro atoms. The van der Waals surface area contributed by atoms with Crippen LogP contribution in [0.15, 0.2) is 42.5 Å². The lowest BCUT2D eigenvalue weighted by Gasteiger charge is -2.17. The first kappa shape index (κ1) is 14.2. The highest BCUT2D eigenvalue weighted by atomic mass is 32.2. The maximum absolute atomic E-state index is 12.2. The molecule has 0 aliphatic rings. The van der Waals surface area contributed by atoms with Crippen LogP contribution in [-0.2, 0) is 10.0 Å². The van der Waals surface area contributed by atoms with Crippen LogP contribution in [0, 0.1) is 0 Å². The van der Waals surface area contributed by atoms with Crippen molar-refractivity contribution in [1.82, 2.24) is 9.29 Å². The second kappa shape index (κ2) is 5.65. The number of carboxylic acids is 1. The van der Waals surface area contributed by atoms with Gasteiger partial charge in [-0.25, -0.2) is 13.2 Å². The summed E-state index contributed by atoms with van der Waals surface area (Å²) in [5.41, 5.74) is -0.175. The number of carboxylic acid groups (broad SMARTS) is 1. The van der Waals surface area contributed by atoms with Gasteiger partial charge in [-0.2, -0.15) is 4.31 Å². The molecule has 98 valence electrons. The third kappa shape index (κ3) is 2.88. The summed E-state index contributed by atoms with van der Waals surface area (Å²) >= 11 is 0. The van der Waals surface area contributed by atoms with E-state index in [0.717, 1.165) is 16.6 Å². The Labute approximate surface area is 105 Å². The maximum Gasteiger partial charge on any atom is 0.352 e. The lowest BCUT2D eigenvalue weighted by atomic mass is 10.4. The zero-order valence-corrected chi connectivity index (χ0v) is 10.5. The van der Waals surface area contributed by atoms with Crippen molar-refractivity contribution in [3.05, 3.63) is 43.3 Å². The van der Waals surface area contributed by atoms with Gasteiger partial charge in [-0.15, -0.1) is 13.2 Å². The quantitative estimate of drug-likeness (QED) is 0.725. The molecule has 2 N–H and O–H groups in total. The highest BCUT2D eigenvalue weighted by molar-refractivity contribution is 7.89. The molecule has 0 amide bonds. The highest BCUT2D eigenvalue weighted by Crippen LogP contribution is 2.16. The van der Waals surface area contributed by atoms with Crippen LogP contribution in [0.25, 0.3) is 0 Å². The molecular formula is C11H14N2O4S. The standard InChI is InChI=1S/C11H14N2O4S/c1-3-5-13(6-4-2)18(16,17)9-7-10(11(14)15)12-8-9/h3-4,7-8,12H,1-2,5-6H2,(H,14,15). The van der Waals surface area contributed by atoms with E-state index in [2.05, 4.69) is 18.1 Å². The Morgan fingerprint density at radius 1 is 1.39 bits per heavy atom. The van der Waals surface area contributed by atoms with E-state index in [1.165, 1.54) is 12.2 Å². The SMILES string of the molecule is C=CCN(CC=C)S(=O)(=O)c1c[nH]c(C(=O)O)c1. The molecule has 0 radical (unpaired) electrons. The van der Waals surface area contributed by atoms with E-state index >= 15 is 0 Å². The molecule has 0 aliphatic carbocycles. The Balaban J connectivity index is 3.12. The van der Waals surface area contributed by atoms with Gasteiger partial charge in [0.15, 0.2) is 0 Å². The van der Waals surface area contributed by atoms with E-state index in [4.69, 9.17) is 5.11 Å². The molecule has 18 heavy (non-hydrogen) atoms. The molecule has 0 unspecified atom stereocenters. The van der Waals surface area contributed by atoms with E-state index < -0.39 is 16.0 Å². The first-order valence-corrected chi connectivity index (χ1v) is 6.51. The van der Waals surface area contributed by atoms with Crippen molar-refractivity contribution in [1.29, 1.82) is 0 Å². The molecule has 7 heteroatoms. The minimum Gasteiger partial charge on any atom is -0.477 e. The Kier molecular flexibility index (Phi) is 4.46. The van der Waals surface area contributed by atoms with Crippen LogP contribution in [-0.4, -0.2) is 41.9 Å². The van der Waals surface area contributed by atoms with Crippen molar-refractivity contribution in [2.45, 2.75) is 4.90 Å². The maximum atomic E-state index is 12.2. The molecule has 0 aliphatic heterocycles. The number of aromatic nitrogens is 1. The average molecular weight is 270 g/mol. The number of H-pyrrole nitrogens is 1. The van der Waals surface area contributed by atoms with Gasteiger partial charge in [-0.3, -0.25) is 0 Å². The predicted octanol–water partition coefficient (Wildman–Crippen LogP) is 1.08. The summed E-state index contributed by atoms with van der Waals surface area (Å²) in [5.74, 6) is -1.21. The fourth-order valence-corrected chi connectivity index (χ4v) is 2.73. The second-order valence-corrected chi connectivity index (χ2v) is 5.39. The number of nitrogens with one attached hydrogen (secondary N) is 1. The first-order valence-electron chi connectivity index (χ1n) is 5.07. The third-order valence-corrected chi connectivity index (χ3v) is 4.00. The molecule has 1 aromatic rings. The average Bonchev–Trinajstić information content (AvgIpc) is 2.78. The van der Waals surface area contributed by atoms with E-state index in [9.17, 15) is 13.2 Å². The summed E-state index contributed by atoms with van der Waals surface area (Å²) < 4.78 is 25.5. The molecule has 1 rings (SSSR count). The minimum absolute atomic E-state index is 0.0939. The molecule has 1 heterocycles. The second-order valence-electron chi connectivity index (χ2n) is 3.45. The van der Waals surface area contributed by atoms with Crippen molar-refractivity contribution in [3.63, 3.8) is 0 Å². The van der Waals surface area contributed by atoms with Crippen LogP contribution in [0.3, 0.4) is 0 Å². The van der Waals surface area contributed by atoms with Gasteiger partial charge in [-0.1, -0.05) is 12.2 Å². The Hall–Kier alpha value is -1.86. The minimum atomic E-state index is -3.74. The van der Waals surface area contributed by atoms with Gasteiger partial charge in [0.2, 0.25) is 10.0 Å². The molecule has 0 aromatic carbocycles. The molecule has 0 atom stereocenters. The first-order chi connectivity index (χ1) is 8.43. The summed E-state index contributed by atoms with van der Waals surface area (Å²) in [6, 6.07) is 1.08. The fourth-order valence-electron chi connectivity index (χ4n) is 1.35. The summed E-state index contributed by atoms with van der Waals surface area (Å²) in [7, 11) is -3.74. The van der Waals surface area contributed by atoms with Crippen molar-refractivity contribution < 1.29 is 18.3 Å². The fraction of sp³-hybridized carbons (Fsp3) is 0.182. The monoisotopic (exact) mass is 270 g/mol. The normalized spacial score (nSPS) is 11.4. The van der Waals surface area contributed by atoms with E-state index in [0.29, 0.717) is 0 Å². The Bertz CT molecular complexity index is 549. The van der Waals surface area contributed by atoms with Gasteiger partial charge in [0.1, 0.15) is 10.6 Å². The highest BCUT2D eigenvalue weighted by Gasteiger charge is 2.24. The lowest BCUT2D eigenvalue weighted by molar-refractivity contribution is 0.0691. The number of carbonyl (C=O) groups is 1. The lowest BCUT2D eigenvalue weighted by Crippen LogP contribution is -2.31. The number of hydrogen-bond donors (Lipinski definition) is 2. The van der Waals surface area contributed by atoms with Gasteiger partial charge in [-0.05, 0) is 6.07 Å². The van der Waals surface area contributed by atoms with E-state index in [-0.39, 0.29) is 23.7 Å². The molecular weight excluding hydrogens is 256 g/mol. The molecule has 1 aromatic heterocycles. The number of sulfonamides is 1. The molecule has 0 bridgehead atoms. The smallest absolute Gasteiger partial charge is 0.352 e. The zero-order chi connectivity index (χ0) is 13.8. The van der Waals surface area contributed by atoms with Crippen LogP contribution in [0.5, 0.6) is 0 Å². The molecule has 6 nitrogen and oxygen atoms in total. The van der Waals surface area contributed by atoms with Crippen LogP contribution >= 0.6 is 0 Å². The van der Waals surface area contributed by atoms with Crippen LogP contribution in [0.1, 0.15) is 10.5 Å². The summed E-state index contributed by atoms with van der Waals surface area (Å²) in [6.45, 7) is 7.22. The van der Waals surface area contributed by atoms with Crippen LogP contribution in [0.2, 0.25) is 0 Å². The molecule has 0 saturated heterocycles. The Morgan fingerprint density at radius 3 is 2.33 bits per heavy atom. The zero-order valence-electron chi connectivity index (χ0n) is 9.67. The van der Waals surface area contributed by atoms with Crippen molar-refractivity contribution in [2.24, 2.45) is 0 Å². The summed E-state index contributed by atoms with van der Waals surface area (Å²) in [5, 5.41) is 8.74. The van der Waals surface area contributed by atoms with Gasteiger partial charge in [0.25, 0.3) is 0 Å². The largest absolute Gasteiger partial charge is 0.477 e. The topological polar surface area (TPSA) is 90.5 Å². The van der Waals surface area contributed by atoms with Gasteiger partial charge in [0, 0.05) is 19.3 Å².